The molecule has 0 heterocycles. The van der Waals surface area contributed by atoms with Crippen molar-refractivity contribution in [1.82, 2.24) is 0 Å². The topological polar surface area (TPSA) is 23.8 Å². The third-order valence-corrected chi connectivity index (χ3v) is 0. The minimum absolute atomic E-state index is 0. The van der Waals surface area contributed by atoms with Gasteiger partial charge in [0.2, 0.25) is 0 Å². The molecular weight excluding hydrogens is 217 g/mol. The van der Waals surface area contributed by atoms with Crippen molar-refractivity contribution < 1.29 is 38.6 Å². The molecule has 3 heteroatoms. The fourth-order valence-electron chi connectivity index (χ4n) is 0. The van der Waals surface area contributed by atoms with Crippen molar-refractivity contribution >= 4 is 12.6 Å². The quantitative estimate of drug-likeness (QED) is 0.461. The zero-order valence-corrected chi connectivity index (χ0v) is 4.76. The fourth-order valence-corrected chi connectivity index (χ4v) is 0. The predicted molar refractivity (Wildman–Crippen MR) is 14.6 cm³/mol. The fraction of sp³-hybridized carbons (Fsp3) is 0. The zero-order chi connectivity index (χ0) is 2.71. The van der Waals surface area contributed by atoms with E-state index in [1.54, 1.807) is 0 Å². The summed E-state index contributed by atoms with van der Waals surface area (Å²) in [6.07, 6.45) is 0. The summed E-state index contributed by atoms with van der Waals surface area (Å²) in [6.45, 7) is 0. The van der Waals surface area contributed by atoms with Crippen LogP contribution in [0.5, 0.6) is 0 Å². The maximum absolute atomic E-state index is 7.18. The third kappa shape index (κ3) is 11.1. The van der Waals surface area contributed by atoms with Crippen LogP contribution >= 0.6 is 12.6 Å². The maximum atomic E-state index is 7.18. The molecule has 0 spiro atoms. The molecule has 4 heavy (non-hydrogen) atoms. The van der Waals surface area contributed by atoms with E-state index in [0.717, 1.165) is 0 Å². The van der Waals surface area contributed by atoms with Crippen molar-refractivity contribution in [2.45, 2.75) is 0 Å². The number of hydrogen-bond donors (Lipinski definition) is 1. The molecule has 0 bridgehead atoms. The Labute approximate surface area is 61.2 Å². The van der Waals surface area contributed by atoms with Gasteiger partial charge in [0.05, 0.1) is 0 Å². The molecule has 0 N–H and O–H groups in total. The Balaban J connectivity index is 0. The van der Waals surface area contributed by atoms with Crippen LogP contribution in [0, 0.1) is 49.3 Å². The summed E-state index contributed by atoms with van der Waals surface area (Å²) < 4.78 is 0. The number of nitriles is 1. The van der Waals surface area contributed by atoms with E-state index < -0.39 is 0 Å². The van der Waals surface area contributed by atoms with Crippen LogP contribution in [0.4, 0.5) is 0 Å². The van der Waals surface area contributed by atoms with E-state index in [1.807, 2.05) is 0 Å². The summed E-state index contributed by atoms with van der Waals surface area (Å²) in [6, 6.07) is 0. The van der Waals surface area contributed by atoms with Crippen molar-refractivity contribution in [2.75, 3.05) is 0 Å². The Hall–Kier alpha value is 1.13. The van der Waals surface area contributed by atoms with E-state index in [4.69, 9.17) is 5.26 Å². The average Bonchev–Trinajstić information content (AvgIpc) is 0.918. The summed E-state index contributed by atoms with van der Waals surface area (Å²) in [5.74, 6) is 0. The van der Waals surface area contributed by atoms with Gasteiger partial charge in [-0.3, -0.25) is 0 Å². The van der Waals surface area contributed by atoms with Crippen molar-refractivity contribution in [2.24, 2.45) is 0 Å². The first-order valence-corrected chi connectivity index (χ1v) is 0.894. The van der Waals surface area contributed by atoms with Crippen LogP contribution < -0.4 is 0 Å². The summed E-state index contributed by atoms with van der Waals surface area (Å²) in [5, 5.41) is 8.63. The molecule has 0 unspecified atom stereocenters. The minimum Gasteiger partial charge on any atom is -0.185 e. The molecule has 0 aromatic rings. The largest absolute Gasteiger partial charge is 0.185 e. The van der Waals surface area contributed by atoms with Gasteiger partial charge in [-0.1, -0.05) is 12.6 Å². The van der Waals surface area contributed by atoms with Gasteiger partial charge < -0.3 is 0 Å². The molecule has 1 radical (unpaired) electrons. The standard InChI is InChI=1S/CHNS.Tb/c2-1-3;/h3H;. The number of thiocyanates is 1. The van der Waals surface area contributed by atoms with Crippen LogP contribution in [-0.2, 0) is 0 Å². The molecule has 0 atom stereocenters. The maximum Gasteiger partial charge on any atom is 0.130 e. The predicted octanol–water partition coefficient (Wildman–Crippen LogP) is 0.397. The van der Waals surface area contributed by atoms with Crippen LogP contribution in [0.3, 0.4) is 0 Å². The van der Waals surface area contributed by atoms with E-state index >= 15 is 0 Å². The first-order chi connectivity index (χ1) is 1.41. The molecular formula is CHNSTb. The zero-order valence-electron chi connectivity index (χ0n) is 1.73. The van der Waals surface area contributed by atoms with E-state index in [9.17, 15) is 0 Å². The Morgan fingerprint density at radius 2 is 1.75 bits per heavy atom. The van der Waals surface area contributed by atoms with Crippen LogP contribution in [0.25, 0.3) is 0 Å². The van der Waals surface area contributed by atoms with Gasteiger partial charge in [0, 0.05) is 38.6 Å². The molecule has 0 aliphatic rings. The SMILES string of the molecule is N#CS.[Tb]. The second-order valence-corrected chi connectivity index (χ2v) is 0.300. The van der Waals surface area contributed by atoms with Crippen molar-refractivity contribution in [3.05, 3.63) is 0 Å². The van der Waals surface area contributed by atoms with Gasteiger partial charge in [0.1, 0.15) is 5.40 Å². The second kappa shape index (κ2) is 8.92. The molecule has 0 fully saturated rings. The van der Waals surface area contributed by atoms with Gasteiger partial charge in [-0.2, -0.15) is 5.26 Å². The summed E-state index contributed by atoms with van der Waals surface area (Å²) in [4.78, 5) is 0. The van der Waals surface area contributed by atoms with Gasteiger partial charge in [-0.15, -0.1) is 0 Å². The summed E-state index contributed by atoms with van der Waals surface area (Å²) in [7, 11) is 0. The van der Waals surface area contributed by atoms with Crippen LogP contribution in [0.15, 0.2) is 0 Å². The molecule has 1 nitrogen and oxygen atoms in total. The average molecular weight is 218 g/mol. The van der Waals surface area contributed by atoms with Gasteiger partial charge in [-0.25, -0.2) is 0 Å². The van der Waals surface area contributed by atoms with Crippen LogP contribution in [0.1, 0.15) is 0 Å². The number of rotatable bonds is 0. The molecule has 0 aliphatic heterocycles. The van der Waals surface area contributed by atoms with Crippen LogP contribution in [-0.4, -0.2) is 0 Å². The molecule has 0 saturated carbocycles. The molecule has 0 aromatic heterocycles. The van der Waals surface area contributed by atoms with Gasteiger partial charge in [0.15, 0.2) is 0 Å². The first kappa shape index (κ1) is 8.93. The summed E-state index contributed by atoms with van der Waals surface area (Å²) in [5.41, 5.74) is 0. The molecule has 0 rings (SSSR count). The molecule has 0 amide bonds. The van der Waals surface area contributed by atoms with E-state index in [-0.39, 0.29) is 38.6 Å². The molecule has 25 valence electrons. The van der Waals surface area contributed by atoms with Gasteiger partial charge in [0.25, 0.3) is 0 Å². The van der Waals surface area contributed by atoms with Crippen molar-refractivity contribution in [3.63, 3.8) is 0 Å². The van der Waals surface area contributed by atoms with Crippen LogP contribution in [0.2, 0.25) is 0 Å². The van der Waals surface area contributed by atoms with E-state index in [2.05, 4.69) is 12.6 Å². The summed E-state index contributed by atoms with van der Waals surface area (Å²) >= 11 is 3.09. The molecule has 0 saturated heterocycles. The molecule has 0 aromatic carbocycles. The number of thiol groups is 1. The Morgan fingerprint density at radius 3 is 1.75 bits per heavy atom. The smallest absolute Gasteiger partial charge is 0.130 e. The minimum atomic E-state index is 0. The monoisotopic (exact) mass is 218 g/mol. The van der Waals surface area contributed by atoms with Gasteiger partial charge >= 0.3 is 0 Å². The van der Waals surface area contributed by atoms with Crippen molar-refractivity contribution in [3.8, 4) is 5.40 Å². The number of nitrogens with zero attached hydrogens (tertiary/aromatic N) is 1. The third-order valence-electron chi connectivity index (χ3n) is 0. The van der Waals surface area contributed by atoms with E-state index in [0.29, 0.717) is 0 Å². The number of hydrogen-bond acceptors (Lipinski definition) is 2. The Morgan fingerprint density at radius 1 is 1.75 bits per heavy atom. The van der Waals surface area contributed by atoms with Crippen molar-refractivity contribution in [1.29, 1.82) is 5.26 Å². The Kier molecular flexibility index (Phi) is 19.9. The second-order valence-electron chi connectivity index (χ2n) is 0.100. The van der Waals surface area contributed by atoms with Gasteiger partial charge in [-0.05, 0) is 0 Å². The first-order valence-electron chi connectivity index (χ1n) is 0.447. The van der Waals surface area contributed by atoms with E-state index in [1.165, 1.54) is 5.40 Å². The normalized spacial score (nSPS) is 2.00. The molecule has 0 aliphatic carbocycles. The Bertz CT molecular complexity index is 29.5.